The molecule has 0 fully saturated rings. The molecule has 2 aromatic heterocycles. The molecule has 0 spiro atoms. The van der Waals surface area contributed by atoms with Gasteiger partial charge in [0.15, 0.2) is 11.0 Å². The van der Waals surface area contributed by atoms with Crippen molar-refractivity contribution in [3.63, 3.8) is 0 Å². The minimum atomic E-state index is -0.163. The lowest BCUT2D eigenvalue weighted by Gasteiger charge is -2.10. The summed E-state index contributed by atoms with van der Waals surface area (Å²) in [5.74, 6) is 1.46. The summed E-state index contributed by atoms with van der Waals surface area (Å²) in [6.45, 7) is 8.68. The number of fused-ring (bicyclic) bond motifs is 1. The van der Waals surface area contributed by atoms with Crippen LogP contribution in [0.5, 0.6) is 5.75 Å². The van der Waals surface area contributed by atoms with Gasteiger partial charge in [-0.3, -0.25) is 9.36 Å². The zero-order chi connectivity index (χ0) is 24.8. The molecule has 0 atom stereocenters. The van der Waals surface area contributed by atoms with Crippen LogP contribution < -0.4 is 10.1 Å². The monoisotopic (exact) mass is 507 g/mol. The maximum atomic E-state index is 12.7. The normalized spacial score (nSPS) is 12.9. The Bertz CT molecular complexity index is 1250. The van der Waals surface area contributed by atoms with Crippen LogP contribution in [0.1, 0.15) is 52.2 Å². The third-order valence-corrected chi connectivity index (χ3v) is 7.96. The number of hydrogen-bond acceptors (Lipinski definition) is 7. The number of amides is 1. The van der Waals surface area contributed by atoms with Gasteiger partial charge in [-0.05, 0) is 68.4 Å². The van der Waals surface area contributed by atoms with Gasteiger partial charge in [-0.2, -0.15) is 5.26 Å². The van der Waals surface area contributed by atoms with Crippen molar-refractivity contribution in [1.29, 1.82) is 5.26 Å². The molecule has 35 heavy (non-hydrogen) atoms. The van der Waals surface area contributed by atoms with Crippen molar-refractivity contribution in [2.45, 2.75) is 64.3 Å². The van der Waals surface area contributed by atoms with Gasteiger partial charge in [-0.1, -0.05) is 30.3 Å². The summed E-state index contributed by atoms with van der Waals surface area (Å²) in [7, 11) is 0. The van der Waals surface area contributed by atoms with Crippen molar-refractivity contribution in [2.24, 2.45) is 0 Å². The molecule has 0 aliphatic heterocycles. The topological polar surface area (TPSA) is 92.8 Å². The van der Waals surface area contributed by atoms with E-state index < -0.39 is 0 Å². The van der Waals surface area contributed by atoms with Crippen molar-refractivity contribution >= 4 is 34.0 Å². The summed E-state index contributed by atoms with van der Waals surface area (Å²) in [5.41, 5.74) is 4.02. The number of thiophene rings is 1. The number of allylic oxidation sites excluding steroid dienone is 1. The molecule has 0 radical (unpaired) electrons. The van der Waals surface area contributed by atoms with Gasteiger partial charge in [-0.25, -0.2) is 0 Å². The predicted octanol–water partition coefficient (Wildman–Crippen LogP) is 5.59. The van der Waals surface area contributed by atoms with E-state index in [4.69, 9.17) is 4.74 Å². The van der Waals surface area contributed by atoms with Crippen molar-refractivity contribution in [3.8, 4) is 11.8 Å². The Kier molecular flexibility index (Phi) is 8.26. The number of aromatic nitrogens is 3. The third-order valence-electron chi connectivity index (χ3n) is 5.79. The van der Waals surface area contributed by atoms with Gasteiger partial charge in [0.2, 0.25) is 5.91 Å². The van der Waals surface area contributed by atoms with Crippen LogP contribution in [0.15, 0.2) is 36.0 Å². The molecule has 0 saturated carbocycles. The molecule has 4 rings (SSSR count). The number of aryl methyl sites for hydroxylation is 3. The minimum absolute atomic E-state index is 0.163. The van der Waals surface area contributed by atoms with Crippen LogP contribution in [0.25, 0.3) is 0 Å². The van der Waals surface area contributed by atoms with Crippen LogP contribution in [0.3, 0.4) is 0 Å². The van der Waals surface area contributed by atoms with E-state index in [9.17, 15) is 10.1 Å². The van der Waals surface area contributed by atoms with Gasteiger partial charge in [0.1, 0.15) is 23.4 Å². The van der Waals surface area contributed by atoms with Gasteiger partial charge < -0.3 is 10.1 Å². The van der Waals surface area contributed by atoms with E-state index in [1.807, 2.05) is 30.5 Å². The SMILES string of the molecule is C=CCn1c(COc2cc(C)cc(C)c2)nnc1SCC(=O)Nc1sc2c(c1C#N)CCCCC2. The van der Waals surface area contributed by atoms with Crippen molar-refractivity contribution < 1.29 is 9.53 Å². The van der Waals surface area contributed by atoms with Crippen LogP contribution >= 0.6 is 23.1 Å². The highest BCUT2D eigenvalue weighted by molar-refractivity contribution is 7.99. The highest BCUT2D eigenvalue weighted by Gasteiger charge is 2.21. The fourth-order valence-electron chi connectivity index (χ4n) is 4.25. The van der Waals surface area contributed by atoms with E-state index in [2.05, 4.69) is 34.2 Å². The van der Waals surface area contributed by atoms with Crippen LogP contribution in [-0.4, -0.2) is 26.4 Å². The summed E-state index contributed by atoms with van der Waals surface area (Å²) in [5, 5.41) is 22.5. The van der Waals surface area contributed by atoms with E-state index in [1.54, 1.807) is 17.4 Å². The molecule has 182 valence electrons. The van der Waals surface area contributed by atoms with Crippen molar-refractivity contribution in [2.75, 3.05) is 11.1 Å². The number of nitriles is 1. The van der Waals surface area contributed by atoms with E-state index in [1.165, 1.54) is 23.1 Å². The van der Waals surface area contributed by atoms with E-state index in [-0.39, 0.29) is 18.3 Å². The first-order valence-corrected chi connectivity index (χ1v) is 13.5. The summed E-state index contributed by atoms with van der Waals surface area (Å²) >= 11 is 2.85. The number of thioether (sulfide) groups is 1. The number of anilines is 1. The lowest BCUT2D eigenvalue weighted by Crippen LogP contribution is -2.15. The molecule has 0 unspecified atom stereocenters. The number of ether oxygens (including phenoxy) is 1. The molecule has 1 aromatic carbocycles. The Labute approximate surface area is 214 Å². The molecule has 1 aliphatic carbocycles. The smallest absolute Gasteiger partial charge is 0.235 e. The number of nitrogens with one attached hydrogen (secondary N) is 1. The Morgan fingerprint density at radius 1 is 1.26 bits per heavy atom. The second kappa shape index (κ2) is 11.6. The van der Waals surface area contributed by atoms with Gasteiger partial charge >= 0.3 is 0 Å². The number of nitrogens with zero attached hydrogens (tertiary/aromatic N) is 4. The van der Waals surface area contributed by atoms with Crippen LogP contribution in [-0.2, 0) is 30.8 Å². The summed E-state index contributed by atoms with van der Waals surface area (Å²) in [4.78, 5) is 14.0. The zero-order valence-corrected chi connectivity index (χ0v) is 21.7. The maximum Gasteiger partial charge on any atom is 0.235 e. The third kappa shape index (κ3) is 6.13. The molecule has 1 aliphatic rings. The fraction of sp³-hybridized carbons (Fsp3) is 0.385. The molecule has 9 heteroatoms. The Hall–Kier alpha value is -3.09. The second-order valence-corrected chi connectivity index (χ2v) is 10.7. The van der Waals surface area contributed by atoms with Crippen molar-refractivity contribution in [1.82, 2.24) is 14.8 Å². The summed E-state index contributed by atoms with van der Waals surface area (Å²) < 4.78 is 7.86. The fourth-order valence-corrected chi connectivity index (χ4v) is 6.27. The first-order chi connectivity index (χ1) is 17.0. The van der Waals surface area contributed by atoms with E-state index in [0.29, 0.717) is 28.1 Å². The number of hydrogen-bond donors (Lipinski definition) is 1. The largest absolute Gasteiger partial charge is 0.486 e. The molecule has 2 heterocycles. The van der Waals surface area contributed by atoms with Gasteiger partial charge in [-0.15, -0.1) is 28.1 Å². The number of rotatable bonds is 9. The van der Waals surface area contributed by atoms with Crippen molar-refractivity contribution in [3.05, 3.63) is 63.8 Å². The van der Waals surface area contributed by atoms with Gasteiger partial charge in [0.25, 0.3) is 0 Å². The predicted molar refractivity (Wildman–Crippen MR) is 140 cm³/mol. The average molecular weight is 508 g/mol. The maximum absolute atomic E-state index is 12.7. The first-order valence-electron chi connectivity index (χ1n) is 11.7. The van der Waals surface area contributed by atoms with Crippen LogP contribution in [0.2, 0.25) is 0 Å². The van der Waals surface area contributed by atoms with E-state index in [0.717, 1.165) is 48.1 Å². The number of benzene rings is 1. The molecule has 0 bridgehead atoms. The molecule has 1 amide bonds. The van der Waals surface area contributed by atoms with E-state index >= 15 is 0 Å². The first kappa shape index (κ1) is 25.0. The molecular formula is C26H29N5O2S2. The second-order valence-electron chi connectivity index (χ2n) is 8.63. The summed E-state index contributed by atoms with van der Waals surface area (Å²) in [6, 6.07) is 8.38. The molecule has 1 N–H and O–H groups in total. The van der Waals surface area contributed by atoms with Gasteiger partial charge in [0.05, 0.1) is 11.3 Å². The molecule has 0 saturated heterocycles. The highest BCUT2D eigenvalue weighted by atomic mass is 32.2. The molecular weight excluding hydrogens is 478 g/mol. The quantitative estimate of drug-likeness (QED) is 0.230. The van der Waals surface area contributed by atoms with Crippen LogP contribution in [0.4, 0.5) is 5.00 Å². The Morgan fingerprint density at radius 3 is 2.77 bits per heavy atom. The lowest BCUT2D eigenvalue weighted by molar-refractivity contribution is -0.113. The lowest BCUT2D eigenvalue weighted by atomic mass is 10.1. The average Bonchev–Trinajstić information content (AvgIpc) is 3.26. The van der Waals surface area contributed by atoms with Crippen LogP contribution in [0, 0.1) is 25.2 Å². The number of carbonyl (C=O) groups excluding carboxylic acids is 1. The molecule has 3 aromatic rings. The highest BCUT2D eigenvalue weighted by Crippen LogP contribution is 2.37. The van der Waals surface area contributed by atoms with Gasteiger partial charge in [0, 0.05) is 11.4 Å². The summed E-state index contributed by atoms with van der Waals surface area (Å²) in [6.07, 6.45) is 7.08. The standard InChI is InChI=1S/C26H29N5O2S2/c1-4-10-31-23(15-33-19-12-17(2)11-18(3)13-19)29-30-26(31)34-16-24(32)28-25-21(14-27)20-8-6-5-7-9-22(20)35-25/h4,11-13H,1,5-10,15-16H2,2-3H3,(H,28,32). The minimum Gasteiger partial charge on any atom is -0.486 e. The zero-order valence-electron chi connectivity index (χ0n) is 20.1. The Morgan fingerprint density at radius 2 is 2.03 bits per heavy atom. The number of carbonyl (C=O) groups is 1. The molecule has 7 nitrogen and oxygen atoms in total. The Balaban J connectivity index is 1.40.